The first-order chi connectivity index (χ1) is 5.04. The zero-order chi connectivity index (χ0) is 8.48. The molecule has 11 heavy (non-hydrogen) atoms. The number of rotatable bonds is 2. The fourth-order valence-electron chi connectivity index (χ4n) is 0.557. The SMILES string of the molecule is CSc1csc(S(N)(=O)=O)c1. The topological polar surface area (TPSA) is 60.2 Å². The summed E-state index contributed by atoms with van der Waals surface area (Å²) in [5.74, 6) is 0. The third-order valence-electron chi connectivity index (χ3n) is 1.07. The second kappa shape index (κ2) is 3.14. The Morgan fingerprint density at radius 2 is 2.27 bits per heavy atom. The summed E-state index contributed by atoms with van der Waals surface area (Å²) in [6.45, 7) is 0. The van der Waals surface area contributed by atoms with Crippen LogP contribution in [-0.4, -0.2) is 14.7 Å². The molecule has 6 heteroatoms. The molecule has 2 N–H and O–H groups in total. The van der Waals surface area contributed by atoms with Gasteiger partial charge in [0.1, 0.15) is 4.21 Å². The quantitative estimate of drug-likeness (QED) is 0.742. The molecule has 0 fully saturated rings. The van der Waals surface area contributed by atoms with E-state index in [1.54, 1.807) is 11.4 Å². The van der Waals surface area contributed by atoms with Gasteiger partial charge in [-0.25, -0.2) is 13.6 Å². The van der Waals surface area contributed by atoms with E-state index in [2.05, 4.69) is 0 Å². The van der Waals surface area contributed by atoms with Crippen molar-refractivity contribution in [2.45, 2.75) is 9.10 Å². The van der Waals surface area contributed by atoms with Crippen LogP contribution in [-0.2, 0) is 10.0 Å². The molecule has 0 atom stereocenters. The van der Waals surface area contributed by atoms with Gasteiger partial charge in [-0.1, -0.05) is 0 Å². The molecule has 0 aromatic carbocycles. The van der Waals surface area contributed by atoms with Crippen LogP contribution < -0.4 is 5.14 Å². The van der Waals surface area contributed by atoms with Gasteiger partial charge in [0, 0.05) is 10.3 Å². The molecule has 1 aromatic heterocycles. The summed E-state index contributed by atoms with van der Waals surface area (Å²) < 4.78 is 21.7. The van der Waals surface area contributed by atoms with Crippen molar-refractivity contribution < 1.29 is 8.42 Å². The maximum atomic E-state index is 10.7. The van der Waals surface area contributed by atoms with Crippen LogP contribution in [0.1, 0.15) is 0 Å². The van der Waals surface area contributed by atoms with E-state index in [1.807, 2.05) is 6.26 Å². The highest BCUT2D eigenvalue weighted by Crippen LogP contribution is 2.24. The lowest BCUT2D eigenvalue weighted by molar-refractivity contribution is 0.599. The van der Waals surface area contributed by atoms with E-state index in [0.29, 0.717) is 0 Å². The highest BCUT2D eigenvalue weighted by molar-refractivity contribution is 7.98. The summed E-state index contributed by atoms with van der Waals surface area (Å²) >= 11 is 2.64. The molecule has 0 amide bonds. The minimum atomic E-state index is -3.49. The van der Waals surface area contributed by atoms with Gasteiger partial charge in [-0.3, -0.25) is 0 Å². The van der Waals surface area contributed by atoms with E-state index in [4.69, 9.17) is 5.14 Å². The van der Waals surface area contributed by atoms with Gasteiger partial charge < -0.3 is 0 Å². The van der Waals surface area contributed by atoms with E-state index >= 15 is 0 Å². The summed E-state index contributed by atoms with van der Waals surface area (Å²) in [5.41, 5.74) is 0. The van der Waals surface area contributed by atoms with E-state index in [-0.39, 0.29) is 4.21 Å². The average Bonchev–Trinajstić information content (AvgIpc) is 2.32. The Morgan fingerprint density at radius 3 is 2.55 bits per heavy atom. The van der Waals surface area contributed by atoms with E-state index in [0.717, 1.165) is 16.2 Å². The van der Waals surface area contributed by atoms with Gasteiger partial charge >= 0.3 is 0 Å². The number of thioether (sulfide) groups is 1. The smallest absolute Gasteiger partial charge is 0.224 e. The van der Waals surface area contributed by atoms with Crippen molar-refractivity contribution in [2.75, 3.05) is 6.26 Å². The highest BCUT2D eigenvalue weighted by Gasteiger charge is 2.09. The summed E-state index contributed by atoms with van der Waals surface area (Å²) in [6, 6.07) is 1.57. The average molecular weight is 209 g/mol. The molecule has 0 saturated carbocycles. The summed E-state index contributed by atoms with van der Waals surface area (Å²) in [6.07, 6.45) is 1.88. The fraction of sp³-hybridized carbons (Fsp3) is 0.200. The predicted octanol–water partition coefficient (Wildman–Crippen LogP) is 1.12. The molecule has 1 heterocycles. The van der Waals surface area contributed by atoms with Crippen molar-refractivity contribution in [1.29, 1.82) is 0 Å². The Morgan fingerprint density at radius 1 is 1.64 bits per heavy atom. The Bertz CT molecular complexity index is 340. The molecular weight excluding hydrogens is 202 g/mol. The molecule has 1 aromatic rings. The highest BCUT2D eigenvalue weighted by atomic mass is 32.2. The van der Waals surface area contributed by atoms with Crippen LogP contribution in [0.4, 0.5) is 0 Å². The van der Waals surface area contributed by atoms with Crippen molar-refractivity contribution in [1.82, 2.24) is 0 Å². The van der Waals surface area contributed by atoms with Gasteiger partial charge in [-0.05, 0) is 12.3 Å². The molecule has 0 bridgehead atoms. The second-order valence-corrected chi connectivity index (χ2v) is 5.43. The Hall–Kier alpha value is -0.0400. The molecule has 0 unspecified atom stereocenters. The van der Waals surface area contributed by atoms with Gasteiger partial charge in [0.15, 0.2) is 0 Å². The third-order valence-corrected chi connectivity index (χ3v) is 4.31. The first-order valence-electron chi connectivity index (χ1n) is 2.69. The van der Waals surface area contributed by atoms with Crippen LogP contribution in [0.25, 0.3) is 0 Å². The molecule has 0 spiro atoms. The number of nitrogens with two attached hydrogens (primary N) is 1. The van der Waals surface area contributed by atoms with E-state index in [9.17, 15) is 8.42 Å². The Kier molecular flexibility index (Phi) is 2.58. The van der Waals surface area contributed by atoms with Gasteiger partial charge in [0.05, 0.1) is 0 Å². The lowest BCUT2D eigenvalue weighted by Gasteiger charge is -1.87. The van der Waals surface area contributed by atoms with Crippen molar-refractivity contribution in [3.63, 3.8) is 0 Å². The fourth-order valence-corrected chi connectivity index (χ4v) is 2.94. The van der Waals surface area contributed by atoms with Crippen LogP contribution in [0.3, 0.4) is 0 Å². The molecule has 0 saturated heterocycles. The lowest BCUT2D eigenvalue weighted by Crippen LogP contribution is -2.09. The molecule has 3 nitrogen and oxygen atoms in total. The first-order valence-corrected chi connectivity index (χ1v) is 6.34. The molecule has 0 aliphatic heterocycles. The van der Waals surface area contributed by atoms with Gasteiger partial charge in [0.25, 0.3) is 0 Å². The zero-order valence-corrected chi connectivity index (χ0v) is 8.22. The first kappa shape index (κ1) is 9.05. The van der Waals surface area contributed by atoms with Crippen molar-refractivity contribution in [2.24, 2.45) is 5.14 Å². The van der Waals surface area contributed by atoms with Crippen LogP contribution in [0.2, 0.25) is 0 Å². The lowest BCUT2D eigenvalue weighted by atomic mass is 10.7. The summed E-state index contributed by atoms with van der Waals surface area (Å²) in [4.78, 5) is 0.930. The molecule has 0 aliphatic rings. The molecule has 0 aliphatic carbocycles. The summed E-state index contributed by atoms with van der Waals surface area (Å²) in [5, 5.41) is 6.67. The Balaban J connectivity index is 3.09. The Labute approximate surface area is 73.7 Å². The third kappa shape index (κ3) is 2.19. The predicted molar refractivity (Wildman–Crippen MR) is 47.5 cm³/mol. The minimum absolute atomic E-state index is 0.224. The molecular formula is C5H7NO2S3. The van der Waals surface area contributed by atoms with Gasteiger partial charge in [0.2, 0.25) is 10.0 Å². The number of primary sulfonamides is 1. The number of thiophene rings is 1. The van der Waals surface area contributed by atoms with Crippen molar-refractivity contribution in [3.05, 3.63) is 11.4 Å². The van der Waals surface area contributed by atoms with E-state index < -0.39 is 10.0 Å². The molecule has 1 rings (SSSR count). The number of sulfonamides is 1. The summed E-state index contributed by atoms with van der Waals surface area (Å²) in [7, 11) is -3.49. The zero-order valence-electron chi connectivity index (χ0n) is 5.77. The van der Waals surface area contributed by atoms with Gasteiger partial charge in [-0.2, -0.15) is 0 Å². The maximum Gasteiger partial charge on any atom is 0.247 e. The minimum Gasteiger partial charge on any atom is -0.224 e. The number of hydrogen-bond acceptors (Lipinski definition) is 4. The van der Waals surface area contributed by atoms with Crippen LogP contribution >= 0.6 is 23.1 Å². The van der Waals surface area contributed by atoms with Crippen LogP contribution in [0.15, 0.2) is 20.6 Å². The monoisotopic (exact) mass is 209 g/mol. The molecule has 62 valence electrons. The van der Waals surface area contributed by atoms with Crippen LogP contribution in [0.5, 0.6) is 0 Å². The molecule has 0 radical (unpaired) electrons. The normalized spacial score (nSPS) is 11.8. The van der Waals surface area contributed by atoms with Crippen molar-refractivity contribution >= 4 is 33.1 Å². The standard InChI is InChI=1S/C5H7NO2S3/c1-9-4-2-5(10-3-4)11(6,7)8/h2-3H,1H3,(H2,6,7,8). The maximum absolute atomic E-state index is 10.7. The second-order valence-electron chi connectivity index (χ2n) is 1.85. The van der Waals surface area contributed by atoms with Gasteiger partial charge in [-0.15, -0.1) is 23.1 Å². The van der Waals surface area contributed by atoms with E-state index in [1.165, 1.54) is 11.8 Å². The number of hydrogen-bond donors (Lipinski definition) is 1. The van der Waals surface area contributed by atoms with Crippen LogP contribution in [0, 0.1) is 0 Å². The largest absolute Gasteiger partial charge is 0.247 e. The van der Waals surface area contributed by atoms with Crippen molar-refractivity contribution in [3.8, 4) is 0 Å².